The molecule has 0 spiro atoms. The molecule has 0 aromatic heterocycles. The smallest absolute Gasteiger partial charge is 0.416 e. The standard InChI is InChI=1S/C12H14F3NO4S/c1-11(2,7-10(17)18)16-21(19,20)9-5-3-4-8(6-9)12(13,14)15/h3-6,16H,7H2,1-2H3,(H,17,18). The van der Waals surface area contributed by atoms with Gasteiger partial charge in [-0.1, -0.05) is 6.07 Å². The van der Waals surface area contributed by atoms with Crippen LogP contribution in [0.5, 0.6) is 0 Å². The average Bonchev–Trinajstić information content (AvgIpc) is 2.24. The molecule has 1 aromatic carbocycles. The second-order valence-electron chi connectivity index (χ2n) is 5.09. The number of carboxylic acid groups (broad SMARTS) is 1. The molecule has 1 aromatic rings. The molecule has 0 fully saturated rings. The second-order valence-corrected chi connectivity index (χ2v) is 6.77. The van der Waals surface area contributed by atoms with E-state index in [1.54, 1.807) is 0 Å². The highest BCUT2D eigenvalue weighted by atomic mass is 32.2. The number of rotatable bonds is 5. The van der Waals surface area contributed by atoms with Gasteiger partial charge >= 0.3 is 12.1 Å². The first-order chi connectivity index (χ1) is 9.33. The molecule has 0 bridgehead atoms. The summed E-state index contributed by atoms with van der Waals surface area (Å²) in [5.41, 5.74) is -2.43. The molecule has 0 aliphatic heterocycles. The highest BCUT2D eigenvalue weighted by Crippen LogP contribution is 2.30. The Morgan fingerprint density at radius 1 is 1.29 bits per heavy atom. The van der Waals surface area contributed by atoms with Gasteiger partial charge in [0.05, 0.1) is 16.9 Å². The monoisotopic (exact) mass is 325 g/mol. The zero-order valence-electron chi connectivity index (χ0n) is 11.2. The van der Waals surface area contributed by atoms with Crippen LogP contribution in [-0.2, 0) is 21.0 Å². The molecule has 0 saturated carbocycles. The number of nitrogens with one attached hydrogen (secondary N) is 1. The van der Waals surface area contributed by atoms with E-state index < -0.39 is 44.6 Å². The van der Waals surface area contributed by atoms with E-state index >= 15 is 0 Å². The Bertz CT molecular complexity index is 638. The van der Waals surface area contributed by atoms with Gasteiger partial charge in [-0.05, 0) is 32.0 Å². The normalized spacial score (nSPS) is 13.2. The highest BCUT2D eigenvalue weighted by Gasteiger charge is 2.33. The lowest BCUT2D eigenvalue weighted by Crippen LogP contribution is -2.44. The molecule has 5 nitrogen and oxygen atoms in total. The fraction of sp³-hybridized carbons (Fsp3) is 0.417. The zero-order valence-corrected chi connectivity index (χ0v) is 12.0. The fourth-order valence-corrected chi connectivity index (χ4v) is 3.13. The highest BCUT2D eigenvalue weighted by molar-refractivity contribution is 7.89. The van der Waals surface area contributed by atoms with E-state index in [2.05, 4.69) is 4.72 Å². The number of carbonyl (C=O) groups is 1. The molecule has 0 aliphatic rings. The summed E-state index contributed by atoms with van der Waals surface area (Å²) in [6.07, 6.45) is -5.17. The molecule has 0 atom stereocenters. The Hall–Kier alpha value is -1.61. The van der Waals surface area contributed by atoms with Crippen LogP contribution in [0.1, 0.15) is 25.8 Å². The summed E-state index contributed by atoms with van der Waals surface area (Å²) in [4.78, 5) is 10.1. The van der Waals surface area contributed by atoms with Gasteiger partial charge in [-0.25, -0.2) is 13.1 Å². The van der Waals surface area contributed by atoms with Crippen LogP contribution in [0, 0.1) is 0 Å². The molecule has 118 valence electrons. The SMILES string of the molecule is CC(C)(CC(=O)O)NS(=O)(=O)c1cccc(C(F)(F)F)c1. The van der Waals surface area contributed by atoms with Crippen LogP contribution in [-0.4, -0.2) is 25.0 Å². The molecular formula is C12H14F3NO4S. The number of carboxylic acids is 1. The van der Waals surface area contributed by atoms with Gasteiger partial charge in [0, 0.05) is 5.54 Å². The van der Waals surface area contributed by atoms with E-state index in [-0.39, 0.29) is 0 Å². The fourth-order valence-electron chi connectivity index (χ4n) is 1.68. The minimum absolute atomic E-state index is 0.499. The molecule has 0 aliphatic carbocycles. The number of alkyl halides is 3. The second kappa shape index (κ2) is 5.64. The maximum absolute atomic E-state index is 12.6. The third-order valence-corrected chi connectivity index (χ3v) is 4.17. The van der Waals surface area contributed by atoms with E-state index in [1.807, 2.05) is 0 Å². The average molecular weight is 325 g/mol. The Kier molecular flexibility index (Phi) is 4.69. The number of halogens is 3. The maximum atomic E-state index is 12.6. The summed E-state index contributed by atoms with van der Waals surface area (Å²) in [7, 11) is -4.26. The quantitative estimate of drug-likeness (QED) is 0.869. The van der Waals surface area contributed by atoms with E-state index in [1.165, 1.54) is 13.8 Å². The first-order valence-corrected chi connectivity index (χ1v) is 7.25. The largest absolute Gasteiger partial charge is 0.481 e. The summed E-state index contributed by atoms with van der Waals surface area (Å²) in [6.45, 7) is 2.65. The maximum Gasteiger partial charge on any atom is 0.416 e. The van der Waals surface area contributed by atoms with Gasteiger partial charge < -0.3 is 5.11 Å². The lowest BCUT2D eigenvalue weighted by molar-refractivity contribution is -0.138. The van der Waals surface area contributed by atoms with Crippen LogP contribution in [0.2, 0.25) is 0 Å². The van der Waals surface area contributed by atoms with Crippen molar-refractivity contribution in [3.63, 3.8) is 0 Å². The van der Waals surface area contributed by atoms with Crippen molar-refractivity contribution in [1.29, 1.82) is 0 Å². The van der Waals surface area contributed by atoms with Crippen LogP contribution in [0.4, 0.5) is 13.2 Å². The molecule has 0 radical (unpaired) electrons. The first-order valence-electron chi connectivity index (χ1n) is 5.76. The first kappa shape index (κ1) is 17.4. The molecule has 0 saturated heterocycles. The van der Waals surface area contributed by atoms with Gasteiger partial charge in [0.1, 0.15) is 0 Å². The number of aliphatic carboxylic acids is 1. The van der Waals surface area contributed by atoms with Gasteiger partial charge in [-0.2, -0.15) is 13.2 Å². The van der Waals surface area contributed by atoms with Gasteiger partial charge in [0.25, 0.3) is 0 Å². The lowest BCUT2D eigenvalue weighted by Gasteiger charge is -2.24. The number of sulfonamides is 1. The minimum Gasteiger partial charge on any atom is -0.481 e. The topological polar surface area (TPSA) is 83.5 Å². The van der Waals surface area contributed by atoms with E-state index in [0.717, 1.165) is 18.2 Å². The summed E-state index contributed by atoms with van der Waals surface area (Å²) < 4.78 is 63.9. The van der Waals surface area contributed by atoms with Crippen molar-refractivity contribution in [2.24, 2.45) is 0 Å². The van der Waals surface area contributed by atoms with Gasteiger partial charge in [0.15, 0.2) is 0 Å². The van der Waals surface area contributed by atoms with Gasteiger partial charge in [-0.15, -0.1) is 0 Å². The van der Waals surface area contributed by atoms with Gasteiger partial charge in [-0.3, -0.25) is 4.79 Å². The van der Waals surface area contributed by atoms with Crippen molar-refractivity contribution in [1.82, 2.24) is 4.72 Å². The molecule has 0 amide bonds. The molecule has 9 heteroatoms. The summed E-state index contributed by atoms with van der Waals surface area (Å²) in [5, 5.41) is 8.68. The third kappa shape index (κ3) is 5.01. The van der Waals surface area contributed by atoms with E-state index in [4.69, 9.17) is 5.11 Å². The zero-order chi connectivity index (χ0) is 16.5. The third-order valence-electron chi connectivity index (χ3n) is 2.48. The molecule has 0 heterocycles. The van der Waals surface area contributed by atoms with Crippen LogP contribution in [0.25, 0.3) is 0 Å². The van der Waals surface area contributed by atoms with E-state index in [9.17, 15) is 26.4 Å². The van der Waals surface area contributed by atoms with Crippen LogP contribution in [0.3, 0.4) is 0 Å². The van der Waals surface area contributed by atoms with Crippen LogP contribution < -0.4 is 4.72 Å². The number of benzene rings is 1. The minimum atomic E-state index is -4.66. The predicted octanol–water partition coefficient (Wildman–Crippen LogP) is 2.24. The van der Waals surface area contributed by atoms with E-state index in [0.29, 0.717) is 6.07 Å². The molecule has 2 N–H and O–H groups in total. The van der Waals surface area contributed by atoms with Crippen molar-refractivity contribution in [3.8, 4) is 0 Å². The van der Waals surface area contributed by atoms with Crippen LogP contribution in [0.15, 0.2) is 29.2 Å². The van der Waals surface area contributed by atoms with Crippen LogP contribution >= 0.6 is 0 Å². The van der Waals surface area contributed by atoms with Crippen molar-refractivity contribution in [2.45, 2.75) is 36.9 Å². The van der Waals surface area contributed by atoms with Crippen molar-refractivity contribution in [2.75, 3.05) is 0 Å². The van der Waals surface area contributed by atoms with Crippen molar-refractivity contribution < 1.29 is 31.5 Å². The Balaban J connectivity index is 3.12. The molecule has 1 rings (SSSR count). The molecule has 21 heavy (non-hydrogen) atoms. The Morgan fingerprint density at radius 3 is 2.33 bits per heavy atom. The summed E-state index contributed by atoms with van der Waals surface area (Å²) >= 11 is 0. The van der Waals surface area contributed by atoms with Gasteiger partial charge in [0.2, 0.25) is 10.0 Å². The summed E-state index contributed by atoms with van der Waals surface area (Å²) in [6, 6.07) is 3.23. The number of hydrogen-bond acceptors (Lipinski definition) is 3. The van der Waals surface area contributed by atoms with Crippen molar-refractivity contribution in [3.05, 3.63) is 29.8 Å². The lowest BCUT2D eigenvalue weighted by atomic mass is 10.0. The molecular weight excluding hydrogens is 311 g/mol. The number of hydrogen-bond donors (Lipinski definition) is 2. The molecule has 0 unspecified atom stereocenters. The Morgan fingerprint density at radius 2 is 1.86 bits per heavy atom. The van der Waals surface area contributed by atoms with Crippen molar-refractivity contribution >= 4 is 16.0 Å². The predicted molar refractivity (Wildman–Crippen MR) is 68.1 cm³/mol. The summed E-state index contributed by atoms with van der Waals surface area (Å²) in [5.74, 6) is -1.23. The Labute approximate surface area is 119 Å².